The van der Waals surface area contributed by atoms with Crippen LogP contribution >= 0.6 is 27.5 Å². The monoisotopic (exact) mass is 220 g/mol. The van der Waals surface area contributed by atoms with E-state index in [1.165, 1.54) is 0 Å². The molecule has 0 aliphatic rings. The molecule has 0 fully saturated rings. The summed E-state index contributed by atoms with van der Waals surface area (Å²) in [5.41, 5.74) is 0.969. The van der Waals surface area contributed by atoms with E-state index in [9.17, 15) is 0 Å². The lowest BCUT2D eigenvalue weighted by atomic mass is 10.4. The molecule has 0 radical (unpaired) electrons. The lowest BCUT2D eigenvalue weighted by Crippen LogP contribution is -1.93. The van der Waals surface area contributed by atoms with Crippen molar-refractivity contribution in [2.45, 2.75) is 0 Å². The van der Waals surface area contributed by atoms with Crippen LogP contribution in [0.2, 0.25) is 0 Å². The molecule has 1 heterocycles. The van der Waals surface area contributed by atoms with Crippen molar-refractivity contribution < 1.29 is 0 Å². The fourth-order valence-electron chi connectivity index (χ4n) is 0.590. The number of nitrogens with zero attached hydrogens (tertiary/aromatic N) is 1. The van der Waals surface area contributed by atoms with E-state index < -0.39 is 0 Å². The summed E-state index contributed by atoms with van der Waals surface area (Å²) < 4.78 is 0.808. The Labute approximate surface area is 72.7 Å². The van der Waals surface area contributed by atoms with Crippen LogP contribution in [0.5, 0.6) is 0 Å². The van der Waals surface area contributed by atoms with Crippen LogP contribution in [0.25, 0.3) is 0 Å². The Bertz CT molecular complexity index is 217. The second kappa shape index (κ2) is 3.78. The molecule has 1 N–H and O–H groups in total. The number of pyridine rings is 1. The van der Waals surface area contributed by atoms with Gasteiger partial charge in [0.25, 0.3) is 0 Å². The van der Waals surface area contributed by atoms with Gasteiger partial charge < -0.3 is 5.32 Å². The molecule has 0 aliphatic carbocycles. The van der Waals surface area contributed by atoms with E-state index in [2.05, 4.69) is 26.2 Å². The standard InChI is InChI=1S/C6H6BrClN2/c7-6-3-5(10-4-8)1-2-9-6/h1-3H,4H2,(H,9,10). The number of rotatable bonds is 2. The van der Waals surface area contributed by atoms with Gasteiger partial charge in [0.05, 0.1) is 6.00 Å². The Morgan fingerprint density at radius 2 is 2.50 bits per heavy atom. The zero-order chi connectivity index (χ0) is 7.40. The van der Waals surface area contributed by atoms with Crippen LogP contribution in [-0.4, -0.2) is 11.0 Å². The topological polar surface area (TPSA) is 24.9 Å². The summed E-state index contributed by atoms with van der Waals surface area (Å²) in [7, 11) is 0. The van der Waals surface area contributed by atoms with Crippen LogP contribution in [0.15, 0.2) is 22.9 Å². The summed E-state index contributed by atoms with van der Waals surface area (Å²) in [5.74, 6) is 0. The summed E-state index contributed by atoms with van der Waals surface area (Å²) in [4.78, 5) is 3.96. The minimum Gasteiger partial charge on any atom is -0.372 e. The number of alkyl halides is 1. The van der Waals surface area contributed by atoms with Crippen LogP contribution in [0.4, 0.5) is 5.69 Å². The van der Waals surface area contributed by atoms with Crippen LogP contribution in [0.3, 0.4) is 0 Å². The van der Waals surface area contributed by atoms with Crippen LogP contribution in [0, 0.1) is 0 Å². The molecule has 4 heteroatoms. The van der Waals surface area contributed by atoms with Crippen molar-refractivity contribution in [1.82, 2.24) is 4.98 Å². The predicted molar refractivity (Wildman–Crippen MR) is 46.3 cm³/mol. The molecule has 0 bridgehead atoms. The van der Waals surface area contributed by atoms with Crippen molar-refractivity contribution in [3.8, 4) is 0 Å². The van der Waals surface area contributed by atoms with Crippen molar-refractivity contribution in [1.29, 1.82) is 0 Å². The highest BCUT2D eigenvalue weighted by Gasteiger charge is 1.90. The van der Waals surface area contributed by atoms with Gasteiger partial charge in [-0.25, -0.2) is 4.98 Å². The van der Waals surface area contributed by atoms with Gasteiger partial charge in [-0.1, -0.05) is 0 Å². The largest absolute Gasteiger partial charge is 0.372 e. The van der Waals surface area contributed by atoms with Crippen molar-refractivity contribution >= 4 is 33.2 Å². The predicted octanol–water partition coefficient (Wildman–Crippen LogP) is 2.45. The number of halogens is 2. The van der Waals surface area contributed by atoms with Gasteiger partial charge in [-0.15, -0.1) is 11.6 Å². The highest BCUT2D eigenvalue weighted by atomic mass is 79.9. The Morgan fingerprint density at radius 1 is 1.70 bits per heavy atom. The average molecular weight is 221 g/mol. The first-order valence-electron chi connectivity index (χ1n) is 2.74. The molecular weight excluding hydrogens is 215 g/mol. The van der Waals surface area contributed by atoms with Crippen LogP contribution < -0.4 is 5.32 Å². The van der Waals surface area contributed by atoms with Crippen molar-refractivity contribution in [3.05, 3.63) is 22.9 Å². The second-order valence-corrected chi connectivity index (χ2v) is 2.76. The first kappa shape index (κ1) is 7.82. The number of hydrogen-bond donors (Lipinski definition) is 1. The molecule has 1 aromatic rings. The number of hydrogen-bond acceptors (Lipinski definition) is 2. The third kappa shape index (κ3) is 2.15. The molecule has 0 saturated carbocycles. The first-order valence-corrected chi connectivity index (χ1v) is 4.07. The van der Waals surface area contributed by atoms with Gasteiger partial charge >= 0.3 is 0 Å². The maximum atomic E-state index is 5.44. The van der Waals surface area contributed by atoms with Gasteiger partial charge in [-0.3, -0.25) is 0 Å². The fourth-order valence-corrected chi connectivity index (χ4v) is 1.11. The Kier molecular flexibility index (Phi) is 2.96. The summed E-state index contributed by atoms with van der Waals surface area (Å²) in [6.45, 7) is 0. The van der Waals surface area contributed by atoms with Crippen molar-refractivity contribution in [2.75, 3.05) is 11.3 Å². The summed E-state index contributed by atoms with van der Waals surface area (Å²) in [6, 6.07) is 4.13. The molecule has 1 rings (SSSR count). The number of aromatic nitrogens is 1. The van der Waals surface area contributed by atoms with E-state index >= 15 is 0 Å². The van der Waals surface area contributed by atoms with Gasteiger partial charge in [0.2, 0.25) is 0 Å². The van der Waals surface area contributed by atoms with E-state index in [4.69, 9.17) is 11.6 Å². The lowest BCUT2D eigenvalue weighted by molar-refractivity contribution is 1.26. The van der Waals surface area contributed by atoms with E-state index in [0.29, 0.717) is 6.00 Å². The molecule has 2 nitrogen and oxygen atoms in total. The smallest absolute Gasteiger partial charge is 0.108 e. The first-order chi connectivity index (χ1) is 4.83. The van der Waals surface area contributed by atoms with Crippen molar-refractivity contribution in [3.63, 3.8) is 0 Å². The molecule has 0 aliphatic heterocycles. The fraction of sp³-hybridized carbons (Fsp3) is 0.167. The highest BCUT2D eigenvalue weighted by Crippen LogP contribution is 2.11. The summed E-state index contributed by atoms with van der Waals surface area (Å²) in [5, 5.41) is 2.94. The van der Waals surface area contributed by atoms with Crippen LogP contribution in [0.1, 0.15) is 0 Å². The maximum absolute atomic E-state index is 5.44. The Morgan fingerprint density at radius 3 is 3.10 bits per heavy atom. The van der Waals surface area contributed by atoms with E-state index in [-0.39, 0.29) is 0 Å². The summed E-state index contributed by atoms with van der Waals surface area (Å²) >= 11 is 8.68. The zero-order valence-corrected chi connectivity index (χ0v) is 7.48. The summed E-state index contributed by atoms with van der Waals surface area (Å²) in [6.07, 6.45) is 1.71. The highest BCUT2D eigenvalue weighted by molar-refractivity contribution is 9.10. The van der Waals surface area contributed by atoms with Gasteiger partial charge in [-0.05, 0) is 28.1 Å². The molecular formula is C6H6BrClN2. The molecule has 0 unspecified atom stereocenters. The van der Waals surface area contributed by atoms with E-state index in [1.54, 1.807) is 6.20 Å². The second-order valence-electron chi connectivity index (χ2n) is 1.68. The zero-order valence-electron chi connectivity index (χ0n) is 5.14. The third-order valence-corrected chi connectivity index (χ3v) is 1.56. The Balaban J connectivity index is 2.75. The SMILES string of the molecule is ClCNc1ccnc(Br)c1. The number of nitrogens with one attached hydrogen (secondary N) is 1. The minimum absolute atomic E-state index is 0.413. The molecule has 1 aromatic heterocycles. The molecule has 10 heavy (non-hydrogen) atoms. The lowest BCUT2D eigenvalue weighted by Gasteiger charge is -1.99. The molecule has 0 saturated heterocycles. The van der Waals surface area contributed by atoms with Gasteiger partial charge in [0, 0.05) is 11.9 Å². The molecule has 0 aromatic carbocycles. The quantitative estimate of drug-likeness (QED) is 0.471. The van der Waals surface area contributed by atoms with Gasteiger partial charge in [-0.2, -0.15) is 0 Å². The molecule has 54 valence electrons. The average Bonchev–Trinajstić information content (AvgIpc) is 1.88. The van der Waals surface area contributed by atoms with Crippen LogP contribution in [-0.2, 0) is 0 Å². The van der Waals surface area contributed by atoms with Gasteiger partial charge in [0.15, 0.2) is 0 Å². The van der Waals surface area contributed by atoms with Gasteiger partial charge in [0.1, 0.15) is 4.60 Å². The molecule has 0 amide bonds. The normalized spacial score (nSPS) is 9.40. The van der Waals surface area contributed by atoms with E-state index in [0.717, 1.165) is 10.3 Å². The Hall–Kier alpha value is -0.280. The van der Waals surface area contributed by atoms with E-state index in [1.807, 2.05) is 12.1 Å². The molecule has 0 spiro atoms. The molecule has 0 atom stereocenters. The number of anilines is 1. The third-order valence-electron chi connectivity index (χ3n) is 0.998. The van der Waals surface area contributed by atoms with Crippen molar-refractivity contribution in [2.24, 2.45) is 0 Å². The maximum Gasteiger partial charge on any atom is 0.108 e. The minimum atomic E-state index is 0.413.